The Kier molecular flexibility index (Phi) is 5.27. The van der Waals surface area contributed by atoms with Gasteiger partial charge >= 0.3 is 5.97 Å². The standard InChI is InChI=1S/C16H19NO5/c18-13(11-5-2-1-3-6-11)8-9-14(19)17-10-4-7-12(17)15(20)16(21)22/h1-3,5-6,12,15,20H,4,7-10H2,(H,21,22)/t12-,15+/m0/s1. The van der Waals surface area contributed by atoms with Crippen LogP contribution in [0.25, 0.3) is 0 Å². The third-order valence-electron chi connectivity index (χ3n) is 3.90. The Morgan fingerprint density at radius 2 is 1.86 bits per heavy atom. The first-order chi connectivity index (χ1) is 10.5. The number of rotatable bonds is 6. The molecule has 2 N–H and O–H groups in total. The van der Waals surface area contributed by atoms with Crippen LogP contribution in [-0.2, 0) is 9.59 Å². The lowest BCUT2D eigenvalue weighted by Crippen LogP contribution is -2.46. The number of Topliss-reactive ketones (excluding diaryl/α,β-unsaturated/α-hetero) is 1. The van der Waals surface area contributed by atoms with Crippen molar-refractivity contribution in [3.63, 3.8) is 0 Å². The number of aliphatic hydroxyl groups is 1. The van der Waals surface area contributed by atoms with Crippen molar-refractivity contribution in [2.75, 3.05) is 6.54 Å². The largest absolute Gasteiger partial charge is 0.479 e. The molecule has 0 aromatic heterocycles. The molecule has 1 aromatic rings. The summed E-state index contributed by atoms with van der Waals surface area (Å²) in [6, 6.07) is 8.02. The van der Waals surface area contributed by atoms with Crippen LogP contribution in [-0.4, -0.2) is 51.5 Å². The molecule has 1 saturated heterocycles. The van der Waals surface area contributed by atoms with Crippen LogP contribution in [0.15, 0.2) is 30.3 Å². The van der Waals surface area contributed by atoms with E-state index in [2.05, 4.69) is 0 Å². The van der Waals surface area contributed by atoms with E-state index < -0.39 is 18.1 Å². The van der Waals surface area contributed by atoms with Gasteiger partial charge in [0.05, 0.1) is 6.04 Å². The highest BCUT2D eigenvalue weighted by Gasteiger charge is 2.37. The molecule has 0 aliphatic carbocycles. The Balaban J connectivity index is 1.92. The number of carbonyl (C=O) groups excluding carboxylic acids is 2. The molecule has 0 unspecified atom stereocenters. The van der Waals surface area contributed by atoms with Crippen molar-refractivity contribution in [3.05, 3.63) is 35.9 Å². The molecule has 0 bridgehead atoms. The molecule has 0 radical (unpaired) electrons. The first kappa shape index (κ1) is 16.2. The van der Waals surface area contributed by atoms with Gasteiger partial charge in [-0.15, -0.1) is 0 Å². The summed E-state index contributed by atoms with van der Waals surface area (Å²) in [4.78, 5) is 36.4. The average Bonchev–Trinajstić information content (AvgIpc) is 3.01. The summed E-state index contributed by atoms with van der Waals surface area (Å²) in [7, 11) is 0. The molecule has 1 amide bonds. The van der Waals surface area contributed by atoms with E-state index in [-0.39, 0.29) is 24.5 Å². The van der Waals surface area contributed by atoms with E-state index in [1.807, 2.05) is 6.07 Å². The fourth-order valence-corrected chi connectivity index (χ4v) is 2.73. The summed E-state index contributed by atoms with van der Waals surface area (Å²) < 4.78 is 0. The van der Waals surface area contributed by atoms with E-state index in [1.165, 1.54) is 4.90 Å². The number of benzene rings is 1. The van der Waals surface area contributed by atoms with Crippen molar-refractivity contribution in [1.29, 1.82) is 0 Å². The highest BCUT2D eigenvalue weighted by Crippen LogP contribution is 2.22. The summed E-state index contributed by atoms with van der Waals surface area (Å²) in [6.45, 7) is 0.424. The van der Waals surface area contributed by atoms with Gasteiger partial charge in [-0.05, 0) is 12.8 Å². The molecular weight excluding hydrogens is 286 g/mol. The molecule has 0 spiro atoms. The molecule has 1 heterocycles. The van der Waals surface area contributed by atoms with Crippen LogP contribution in [0.2, 0.25) is 0 Å². The number of ketones is 1. The van der Waals surface area contributed by atoms with Gasteiger partial charge in [0.1, 0.15) is 0 Å². The second-order valence-electron chi connectivity index (χ2n) is 5.37. The van der Waals surface area contributed by atoms with Gasteiger partial charge < -0.3 is 15.1 Å². The molecule has 2 atom stereocenters. The van der Waals surface area contributed by atoms with Gasteiger partial charge in [0.15, 0.2) is 11.9 Å². The maximum atomic E-state index is 12.2. The number of likely N-dealkylation sites (tertiary alicyclic amines) is 1. The fourth-order valence-electron chi connectivity index (χ4n) is 2.73. The summed E-state index contributed by atoms with van der Waals surface area (Å²) in [5.41, 5.74) is 0.554. The third kappa shape index (κ3) is 3.71. The number of carbonyl (C=O) groups is 3. The van der Waals surface area contributed by atoms with Crippen LogP contribution in [0.5, 0.6) is 0 Å². The third-order valence-corrected chi connectivity index (χ3v) is 3.90. The van der Waals surface area contributed by atoms with E-state index >= 15 is 0 Å². The Bertz CT molecular complexity index is 557. The zero-order chi connectivity index (χ0) is 16.1. The highest BCUT2D eigenvalue weighted by atomic mass is 16.4. The minimum Gasteiger partial charge on any atom is -0.479 e. The number of hydrogen-bond donors (Lipinski definition) is 2. The van der Waals surface area contributed by atoms with Gasteiger partial charge in [-0.2, -0.15) is 0 Å². The van der Waals surface area contributed by atoms with Crippen molar-refractivity contribution in [2.45, 2.75) is 37.8 Å². The van der Waals surface area contributed by atoms with Gasteiger partial charge in [0.25, 0.3) is 0 Å². The number of hydrogen-bond acceptors (Lipinski definition) is 4. The van der Waals surface area contributed by atoms with E-state index in [9.17, 15) is 19.5 Å². The lowest BCUT2D eigenvalue weighted by atomic mass is 10.1. The quantitative estimate of drug-likeness (QED) is 0.767. The number of aliphatic hydroxyl groups excluding tert-OH is 1. The summed E-state index contributed by atoms with van der Waals surface area (Å²) >= 11 is 0. The smallest absolute Gasteiger partial charge is 0.334 e. The molecule has 2 rings (SSSR count). The Morgan fingerprint density at radius 1 is 1.18 bits per heavy atom. The summed E-state index contributed by atoms with van der Waals surface area (Å²) in [6.07, 6.45) is -0.346. The molecule has 1 aromatic carbocycles. The van der Waals surface area contributed by atoms with Crippen molar-refractivity contribution < 1.29 is 24.6 Å². The van der Waals surface area contributed by atoms with Gasteiger partial charge in [0, 0.05) is 24.9 Å². The molecule has 118 valence electrons. The van der Waals surface area contributed by atoms with E-state index in [4.69, 9.17) is 5.11 Å². The van der Waals surface area contributed by atoms with Gasteiger partial charge in [-0.3, -0.25) is 9.59 Å². The van der Waals surface area contributed by atoms with Crippen molar-refractivity contribution in [3.8, 4) is 0 Å². The van der Waals surface area contributed by atoms with Crippen molar-refractivity contribution in [1.82, 2.24) is 4.90 Å². The molecule has 1 aliphatic heterocycles. The number of carboxylic acids is 1. The second-order valence-corrected chi connectivity index (χ2v) is 5.37. The average molecular weight is 305 g/mol. The zero-order valence-corrected chi connectivity index (χ0v) is 12.1. The molecular formula is C16H19NO5. The van der Waals surface area contributed by atoms with Crippen LogP contribution in [0.3, 0.4) is 0 Å². The predicted molar refractivity (Wildman–Crippen MR) is 78.4 cm³/mol. The van der Waals surface area contributed by atoms with Crippen LogP contribution in [0, 0.1) is 0 Å². The van der Waals surface area contributed by atoms with Crippen molar-refractivity contribution >= 4 is 17.7 Å². The molecule has 6 nitrogen and oxygen atoms in total. The maximum absolute atomic E-state index is 12.2. The Hall–Kier alpha value is -2.21. The van der Waals surface area contributed by atoms with Crippen LogP contribution >= 0.6 is 0 Å². The first-order valence-electron chi connectivity index (χ1n) is 7.29. The Labute approximate surface area is 128 Å². The normalized spacial score (nSPS) is 19.0. The van der Waals surface area contributed by atoms with Gasteiger partial charge in [-0.1, -0.05) is 30.3 Å². The maximum Gasteiger partial charge on any atom is 0.334 e. The van der Waals surface area contributed by atoms with Crippen LogP contribution < -0.4 is 0 Å². The molecule has 0 saturated carbocycles. The monoisotopic (exact) mass is 305 g/mol. The minimum absolute atomic E-state index is 0.0244. The number of carboxylic acid groups (broad SMARTS) is 1. The van der Waals surface area contributed by atoms with Crippen molar-refractivity contribution in [2.24, 2.45) is 0 Å². The molecule has 6 heteroatoms. The highest BCUT2D eigenvalue weighted by molar-refractivity contribution is 5.98. The molecule has 1 aliphatic rings. The topological polar surface area (TPSA) is 94.9 Å². The molecule has 1 fully saturated rings. The minimum atomic E-state index is -1.57. The van der Waals surface area contributed by atoms with Crippen LogP contribution in [0.1, 0.15) is 36.0 Å². The number of amides is 1. The SMILES string of the molecule is O=C(CCC(=O)N1CCC[C@H]1[C@@H](O)C(=O)O)c1ccccc1. The van der Waals surface area contributed by atoms with Gasteiger partial charge in [-0.25, -0.2) is 4.79 Å². The summed E-state index contributed by atoms with van der Waals surface area (Å²) in [5.74, 6) is -1.74. The van der Waals surface area contributed by atoms with Crippen LogP contribution in [0.4, 0.5) is 0 Å². The number of aliphatic carboxylic acids is 1. The number of nitrogens with zero attached hydrogens (tertiary/aromatic N) is 1. The van der Waals surface area contributed by atoms with E-state index in [0.717, 1.165) is 0 Å². The first-order valence-corrected chi connectivity index (χ1v) is 7.29. The zero-order valence-electron chi connectivity index (χ0n) is 12.1. The second kappa shape index (κ2) is 7.17. The fraction of sp³-hybridized carbons (Fsp3) is 0.438. The van der Waals surface area contributed by atoms with E-state index in [1.54, 1.807) is 24.3 Å². The summed E-state index contributed by atoms with van der Waals surface area (Å²) in [5, 5.41) is 18.5. The predicted octanol–water partition coefficient (Wildman–Crippen LogP) is 1.09. The lowest BCUT2D eigenvalue weighted by molar-refractivity contribution is -0.151. The van der Waals surface area contributed by atoms with E-state index in [0.29, 0.717) is 24.9 Å². The van der Waals surface area contributed by atoms with Gasteiger partial charge in [0.2, 0.25) is 5.91 Å². The Morgan fingerprint density at radius 3 is 2.50 bits per heavy atom. The molecule has 22 heavy (non-hydrogen) atoms. The lowest BCUT2D eigenvalue weighted by Gasteiger charge is -2.26.